The van der Waals surface area contributed by atoms with Crippen molar-refractivity contribution in [1.29, 1.82) is 0 Å². The topological polar surface area (TPSA) is 49.3 Å². The zero-order chi connectivity index (χ0) is 13.0. The van der Waals surface area contributed by atoms with Crippen LogP contribution >= 0.6 is 15.9 Å². The summed E-state index contributed by atoms with van der Waals surface area (Å²) in [6, 6.07) is 3.32. The quantitative estimate of drug-likeness (QED) is 0.840. The molecular weight excluding hydrogens is 289 g/mol. The van der Waals surface area contributed by atoms with Crippen LogP contribution in [-0.2, 0) is 0 Å². The lowest BCUT2D eigenvalue weighted by molar-refractivity contribution is 0.0950. The standard InChI is InChI=1S/C12H15BrFNO2/c1-7(2)10(13)6-15-12(17)9-4-3-8(14)5-11(9)16/h3-5,7,10,16H,6H2,1-2H3,(H,15,17). The summed E-state index contributed by atoms with van der Waals surface area (Å²) in [6.07, 6.45) is 0. The molecule has 5 heteroatoms. The van der Waals surface area contributed by atoms with E-state index in [1.165, 1.54) is 6.07 Å². The number of phenolic OH excluding ortho intramolecular Hbond substituents is 1. The van der Waals surface area contributed by atoms with Gasteiger partial charge >= 0.3 is 0 Å². The van der Waals surface area contributed by atoms with Gasteiger partial charge in [-0.2, -0.15) is 0 Å². The molecule has 2 N–H and O–H groups in total. The largest absolute Gasteiger partial charge is 0.507 e. The van der Waals surface area contributed by atoms with Crippen LogP contribution in [0.1, 0.15) is 24.2 Å². The van der Waals surface area contributed by atoms with Gasteiger partial charge in [-0.3, -0.25) is 4.79 Å². The third-order valence-electron chi connectivity index (χ3n) is 2.39. The summed E-state index contributed by atoms with van der Waals surface area (Å²) < 4.78 is 12.7. The molecule has 0 aromatic heterocycles. The molecule has 0 spiro atoms. The summed E-state index contributed by atoms with van der Waals surface area (Å²) in [5.41, 5.74) is 0.0786. The fourth-order valence-corrected chi connectivity index (χ4v) is 1.38. The highest BCUT2D eigenvalue weighted by molar-refractivity contribution is 9.09. The molecule has 1 unspecified atom stereocenters. The smallest absolute Gasteiger partial charge is 0.255 e. The van der Waals surface area contributed by atoms with Crippen LogP contribution in [0.2, 0.25) is 0 Å². The number of carbonyl (C=O) groups is 1. The Hall–Kier alpha value is -1.10. The number of aromatic hydroxyl groups is 1. The second-order valence-electron chi connectivity index (χ2n) is 4.13. The van der Waals surface area contributed by atoms with Gasteiger partial charge in [0, 0.05) is 17.4 Å². The Bertz CT molecular complexity index is 409. The molecule has 0 radical (unpaired) electrons. The lowest BCUT2D eigenvalue weighted by atomic mass is 10.1. The van der Waals surface area contributed by atoms with Crippen molar-refractivity contribution < 1.29 is 14.3 Å². The van der Waals surface area contributed by atoms with Crippen LogP contribution in [-0.4, -0.2) is 22.4 Å². The predicted octanol–water partition coefficient (Wildman–Crippen LogP) is 2.68. The van der Waals surface area contributed by atoms with E-state index in [0.29, 0.717) is 12.5 Å². The number of amides is 1. The molecule has 0 fully saturated rings. The van der Waals surface area contributed by atoms with Crippen molar-refractivity contribution in [3.63, 3.8) is 0 Å². The molecule has 1 rings (SSSR count). The van der Waals surface area contributed by atoms with Gasteiger partial charge in [0.2, 0.25) is 0 Å². The van der Waals surface area contributed by atoms with E-state index in [1.54, 1.807) is 0 Å². The summed E-state index contributed by atoms with van der Waals surface area (Å²) in [7, 11) is 0. The SMILES string of the molecule is CC(C)C(Br)CNC(=O)c1ccc(F)cc1O. The van der Waals surface area contributed by atoms with Gasteiger partial charge in [-0.15, -0.1) is 0 Å². The Morgan fingerprint density at radius 2 is 2.18 bits per heavy atom. The molecule has 94 valence electrons. The fourth-order valence-electron chi connectivity index (χ4n) is 1.22. The molecule has 0 aliphatic rings. The van der Waals surface area contributed by atoms with E-state index in [2.05, 4.69) is 21.2 Å². The third kappa shape index (κ3) is 4.00. The number of hydrogen-bond donors (Lipinski definition) is 2. The number of halogens is 2. The number of carbonyl (C=O) groups excluding carboxylic acids is 1. The van der Waals surface area contributed by atoms with Gasteiger partial charge in [0.25, 0.3) is 5.91 Å². The summed E-state index contributed by atoms with van der Waals surface area (Å²) >= 11 is 3.44. The molecule has 0 saturated heterocycles. The van der Waals surface area contributed by atoms with Crippen LogP contribution in [0.15, 0.2) is 18.2 Å². The molecule has 0 bridgehead atoms. The Balaban J connectivity index is 2.64. The molecule has 1 amide bonds. The summed E-state index contributed by atoms with van der Waals surface area (Å²) in [5.74, 6) is -0.942. The fraction of sp³-hybridized carbons (Fsp3) is 0.417. The van der Waals surface area contributed by atoms with Crippen LogP contribution in [0.25, 0.3) is 0 Å². The summed E-state index contributed by atoms with van der Waals surface area (Å²) in [4.78, 5) is 11.9. The molecule has 1 aromatic carbocycles. The summed E-state index contributed by atoms with van der Waals surface area (Å²) in [6.45, 7) is 4.51. The first-order valence-corrected chi connectivity index (χ1v) is 6.24. The maximum atomic E-state index is 12.7. The van der Waals surface area contributed by atoms with E-state index in [9.17, 15) is 14.3 Å². The van der Waals surface area contributed by atoms with Crippen LogP contribution in [0.4, 0.5) is 4.39 Å². The zero-order valence-corrected chi connectivity index (χ0v) is 11.3. The van der Waals surface area contributed by atoms with Gasteiger partial charge in [0.1, 0.15) is 11.6 Å². The first kappa shape index (κ1) is 14.0. The molecular formula is C12H15BrFNO2. The molecule has 1 aromatic rings. The number of nitrogens with one attached hydrogen (secondary N) is 1. The van der Waals surface area contributed by atoms with Crippen molar-refractivity contribution in [2.24, 2.45) is 5.92 Å². The van der Waals surface area contributed by atoms with Gasteiger partial charge in [0.05, 0.1) is 5.56 Å². The van der Waals surface area contributed by atoms with Gasteiger partial charge < -0.3 is 10.4 Å². The molecule has 0 aliphatic carbocycles. The van der Waals surface area contributed by atoms with Crippen molar-refractivity contribution in [2.75, 3.05) is 6.54 Å². The van der Waals surface area contributed by atoms with Gasteiger partial charge in [-0.1, -0.05) is 29.8 Å². The Morgan fingerprint density at radius 1 is 1.53 bits per heavy atom. The van der Waals surface area contributed by atoms with Crippen molar-refractivity contribution in [3.8, 4) is 5.75 Å². The molecule has 0 aliphatic heterocycles. The van der Waals surface area contributed by atoms with E-state index in [0.717, 1.165) is 12.1 Å². The van der Waals surface area contributed by atoms with Crippen molar-refractivity contribution >= 4 is 21.8 Å². The minimum absolute atomic E-state index is 0.0786. The molecule has 0 heterocycles. The minimum Gasteiger partial charge on any atom is -0.507 e. The van der Waals surface area contributed by atoms with Gasteiger partial charge in [-0.05, 0) is 18.1 Å². The van der Waals surface area contributed by atoms with Gasteiger partial charge in [-0.25, -0.2) is 4.39 Å². The maximum Gasteiger partial charge on any atom is 0.255 e. The first-order chi connectivity index (χ1) is 7.91. The van der Waals surface area contributed by atoms with Crippen LogP contribution in [0, 0.1) is 11.7 Å². The van der Waals surface area contributed by atoms with Crippen molar-refractivity contribution in [2.45, 2.75) is 18.7 Å². The average molecular weight is 304 g/mol. The normalized spacial score (nSPS) is 12.5. The third-order valence-corrected chi connectivity index (χ3v) is 3.77. The van der Waals surface area contributed by atoms with E-state index in [1.807, 2.05) is 13.8 Å². The minimum atomic E-state index is -0.570. The average Bonchev–Trinajstić information content (AvgIpc) is 2.25. The van der Waals surface area contributed by atoms with E-state index < -0.39 is 11.7 Å². The van der Waals surface area contributed by atoms with Gasteiger partial charge in [0.15, 0.2) is 0 Å². The van der Waals surface area contributed by atoms with E-state index in [-0.39, 0.29) is 16.1 Å². The summed E-state index contributed by atoms with van der Waals surface area (Å²) in [5, 5.41) is 12.1. The second-order valence-corrected chi connectivity index (χ2v) is 5.31. The lowest BCUT2D eigenvalue weighted by Crippen LogP contribution is -2.31. The molecule has 1 atom stereocenters. The number of hydrogen-bond acceptors (Lipinski definition) is 2. The van der Waals surface area contributed by atoms with E-state index >= 15 is 0 Å². The Morgan fingerprint density at radius 3 is 2.71 bits per heavy atom. The van der Waals surface area contributed by atoms with E-state index in [4.69, 9.17) is 0 Å². The zero-order valence-electron chi connectivity index (χ0n) is 9.71. The highest BCUT2D eigenvalue weighted by Gasteiger charge is 2.14. The van der Waals surface area contributed by atoms with Crippen molar-refractivity contribution in [3.05, 3.63) is 29.6 Å². The van der Waals surface area contributed by atoms with Crippen LogP contribution < -0.4 is 5.32 Å². The number of benzene rings is 1. The van der Waals surface area contributed by atoms with Crippen LogP contribution in [0.3, 0.4) is 0 Å². The highest BCUT2D eigenvalue weighted by atomic mass is 79.9. The monoisotopic (exact) mass is 303 g/mol. The molecule has 3 nitrogen and oxygen atoms in total. The molecule has 0 saturated carbocycles. The predicted molar refractivity (Wildman–Crippen MR) is 68.0 cm³/mol. The molecule has 17 heavy (non-hydrogen) atoms. The maximum absolute atomic E-state index is 12.7. The lowest BCUT2D eigenvalue weighted by Gasteiger charge is -2.14. The number of phenols is 1. The number of alkyl halides is 1. The highest BCUT2D eigenvalue weighted by Crippen LogP contribution is 2.18. The van der Waals surface area contributed by atoms with Crippen LogP contribution in [0.5, 0.6) is 5.75 Å². The Labute approximate surface area is 108 Å². The Kier molecular flexibility index (Phi) is 4.93. The first-order valence-electron chi connectivity index (χ1n) is 5.32. The second kappa shape index (κ2) is 6.00. The number of rotatable bonds is 4. The van der Waals surface area contributed by atoms with Crippen molar-refractivity contribution in [1.82, 2.24) is 5.32 Å².